The van der Waals surface area contributed by atoms with Crippen molar-refractivity contribution in [3.8, 4) is 0 Å². The van der Waals surface area contributed by atoms with Crippen LogP contribution in [0.2, 0.25) is 0 Å². The smallest absolute Gasteiger partial charge is 0.106 e. The summed E-state index contributed by atoms with van der Waals surface area (Å²) < 4.78 is 0. The topological polar surface area (TPSA) is 52.2 Å². The zero-order chi connectivity index (χ0) is 14.9. The van der Waals surface area contributed by atoms with E-state index in [4.69, 9.17) is 0 Å². The number of piperidine rings is 1. The molecule has 4 heteroatoms. The molecule has 1 saturated carbocycles. The number of aromatic amines is 1. The minimum Gasteiger partial charge on any atom is -0.390 e. The Morgan fingerprint density at radius 2 is 2.19 bits per heavy atom. The van der Waals surface area contributed by atoms with Gasteiger partial charge in [-0.15, -0.1) is 0 Å². The van der Waals surface area contributed by atoms with E-state index in [2.05, 4.69) is 21.8 Å². The van der Waals surface area contributed by atoms with Crippen LogP contribution in [0.5, 0.6) is 0 Å². The molecular formula is C17H29N3O. The lowest BCUT2D eigenvalue weighted by Gasteiger charge is -2.40. The molecule has 1 aromatic rings. The second kappa shape index (κ2) is 6.09. The molecule has 0 bridgehead atoms. The summed E-state index contributed by atoms with van der Waals surface area (Å²) in [6, 6.07) is 0. The number of likely N-dealkylation sites (tertiary alicyclic amines) is 1. The zero-order valence-corrected chi connectivity index (χ0v) is 13.4. The molecule has 4 nitrogen and oxygen atoms in total. The van der Waals surface area contributed by atoms with Crippen LogP contribution in [0.3, 0.4) is 0 Å². The normalized spacial score (nSPS) is 31.9. The lowest BCUT2D eigenvalue weighted by atomic mass is 9.84. The summed E-state index contributed by atoms with van der Waals surface area (Å²) in [5.41, 5.74) is 0.717. The van der Waals surface area contributed by atoms with Crippen LogP contribution in [0.1, 0.15) is 57.5 Å². The largest absolute Gasteiger partial charge is 0.390 e. The Kier molecular flexibility index (Phi) is 4.36. The van der Waals surface area contributed by atoms with Gasteiger partial charge in [0.05, 0.1) is 5.60 Å². The van der Waals surface area contributed by atoms with Gasteiger partial charge in [0, 0.05) is 37.9 Å². The third-order valence-corrected chi connectivity index (χ3v) is 5.56. The third kappa shape index (κ3) is 3.67. The molecule has 0 unspecified atom stereocenters. The highest BCUT2D eigenvalue weighted by atomic mass is 16.3. The van der Waals surface area contributed by atoms with Crippen molar-refractivity contribution < 1.29 is 5.11 Å². The number of rotatable bonds is 4. The van der Waals surface area contributed by atoms with E-state index in [0.717, 1.165) is 44.2 Å². The highest BCUT2D eigenvalue weighted by molar-refractivity contribution is 5.03. The Bertz CT molecular complexity index is 462. The van der Waals surface area contributed by atoms with Gasteiger partial charge in [0.15, 0.2) is 0 Å². The van der Waals surface area contributed by atoms with Crippen LogP contribution in [0.15, 0.2) is 6.20 Å². The average Bonchev–Trinajstić information content (AvgIpc) is 3.07. The van der Waals surface area contributed by atoms with Crippen molar-refractivity contribution in [2.75, 3.05) is 13.1 Å². The Hall–Kier alpha value is -0.870. The molecule has 2 heterocycles. The van der Waals surface area contributed by atoms with E-state index >= 15 is 0 Å². The van der Waals surface area contributed by atoms with Gasteiger partial charge in [0.2, 0.25) is 0 Å². The van der Waals surface area contributed by atoms with Crippen molar-refractivity contribution in [2.24, 2.45) is 11.8 Å². The van der Waals surface area contributed by atoms with E-state index in [1.807, 2.05) is 13.1 Å². The second-order valence-corrected chi connectivity index (χ2v) is 7.45. The number of hydrogen-bond acceptors (Lipinski definition) is 3. The van der Waals surface area contributed by atoms with E-state index in [1.54, 1.807) is 0 Å². The minimum atomic E-state index is -0.502. The fourth-order valence-electron chi connectivity index (χ4n) is 3.77. The summed E-state index contributed by atoms with van der Waals surface area (Å²) >= 11 is 0. The molecule has 0 aromatic carbocycles. The van der Waals surface area contributed by atoms with Gasteiger partial charge in [-0.05, 0) is 25.2 Å². The molecule has 2 fully saturated rings. The maximum absolute atomic E-state index is 10.2. The van der Waals surface area contributed by atoms with Crippen LogP contribution in [-0.4, -0.2) is 38.7 Å². The van der Waals surface area contributed by atoms with E-state index in [1.165, 1.54) is 31.4 Å². The molecule has 21 heavy (non-hydrogen) atoms. The summed E-state index contributed by atoms with van der Waals surface area (Å²) in [7, 11) is 0. The SMILES string of the molecule is C[C@@H]1CN(Cc2cnc(CC3CCCC3)[nH]2)CC[C@]1(C)O. The first-order chi connectivity index (χ1) is 10.0. The quantitative estimate of drug-likeness (QED) is 0.897. The predicted molar refractivity (Wildman–Crippen MR) is 83.9 cm³/mol. The average molecular weight is 291 g/mol. The number of nitrogens with one attached hydrogen (secondary N) is 1. The number of nitrogens with zero attached hydrogens (tertiary/aromatic N) is 2. The first-order valence-electron chi connectivity index (χ1n) is 8.50. The Morgan fingerprint density at radius 1 is 1.43 bits per heavy atom. The van der Waals surface area contributed by atoms with Crippen LogP contribution < -0.4 is 0 Å². The van der Waals surface area contributed by atoms with Gasteiger partial charge in [-0.1, -0.05) is 32.6 Å². The molecule has 1 aliphatic heterocycles. The third-order valence-electron chi connectivity index (χ3n) is 5.56. The first kappa shape index (κ1) is 15.0. The number of hydrogen-bond donors (Lipinski definition) is 2. The molecule has 3 rings (SSSR count). The van der Waals surface area contributed by atoms with Crippen LogP contribution in [-0.2, 0) is 13.0 Å². The summed E-state index contributed by atoms with van der Waals surface area (Å²) in [5, 5.41) is 10.2. The lowest BCUT2D eigenvalue weighted by molar-refractivity contribution is -0.0526. The standard InChI is InChI=1S/C17H29N3O/c1-13-11-20(8-7-17(13,2)21)12-15-10-18-16(19-15)9-14-5-3-4-6-14/h10,13-14,21H,3-9,11-12H2,1-2H3,(H,18,19)/t13-,17+/m1/s1. The molecule has 1 aliphatic carbocycles. The van der Waals surface area contributed by atoms with Crippen molar-refractivity contribution in [1.29, 1.82) is 0 Å². The maximum atomic E-state index is 10.2. The highest BCUT2D eigenvalue weighted by Gasteiger charge is 2.34. The Balaban J connectivity index is 1.52. The van der Waals surface area contributed by atoms with Gasteiger partial charge in [-0.3, -0.25) is 4.90 Å². The molecule has 0 spiro atoms. The van der Waals surface area contributed by atoms with Crippen LogP contribution >= 0.6 is 0 Å². The van der Waals surface area contributed by atoms with Crippen molar-refractivity contribution >= 4 is 0 Å². The fraction of sp³-hybridized carbons (Fsp3) is 0.824. The van der Waals surface area contributed by atoms with E-state index in [9.17, 15) is 5.11 Å². The molecule has 0 amide bonds. The molecule has 2 aliphatic rings. The van der Waals surface area contributed by atoms with Crippen LogP contribution in [0.4, 0.5) is 0 Å². The molecule has 118 valence electrons. The molecule has 0 radical (unpaired) electrons. The van der Waals surface area contributed by atoms with Crippen LogP contribution in [0.25, 0.3) is 0 Å². The van der Waals surface area contributed by atoms with Gasteiger partial charge in [0.25, 0.3) is 0 Å². The van der Waals surface area contributed by atoms with Gasteiger partial charge in [0.1, 0.15) is 5.82 Å². The van der Waals surface area contributed by atoms with Gasteiger partial charge in [-0.25, -0.2) is 4.98 Å². The van der Waals surface area contributed by atoms with E-state index in [-0.39, 0.29) is 0 Å². The molecular weight excluding hydrogens is 262 g/mol. The zero-order valence-electron chi connectivity index (χ0n) is 13.4. The summed E-state index contributed by atoms with van der Waals surface area (Å²) in [5.74, 6) is 2.33. The summed E-state index contributed by atoms with van der Waals surface area (Å²) in [6.45, 7) is 6.96. The maximum Gasteiger partial charge on any atom is 0.106 e. The highest BCUT2D eigenvalue weighted by Crippen LogP contribution is 2.29. The van der Waals surface area contributed by atoms with Gasteiger partial charge in [-0.2, -0.15) is 0 Å². The van der Waals surface area contributed by atoms with Crippen molar-refractivity contribution in [3.63, 3.8) is 0 Å². The van der Waals surface area contributed by atoms with E-state index < -0.39 is 5.60 Å². The van der Waals surface area contributed by atoms with Crippen molar-refractivity contribution in [3.05, 3.63) is 17.7 Å². The number of H-pyrrole nitrogens is 1. The van der Waals surface area contributed by atoms with E-state index in [0.29, 0.717) is 5.92 Å². The molecule has 2 N–H and O–H groups in total. The monoisotopic (exact) mass is 291 g/mol. The Morgan fingerprint density at radius 3 is 2.90 bits per heavy atom. The van der Waals surface area contributed by atoms with Gasteiger partial charge < -0.3 is 10.1 Å². The number of aliphatic hydroxyl groups is 1. The molecule has 2 atom stereocenters. The second-order valence-electron chi connectivity index (χ2n) is 7.45. The summed E-state index contributed by atoms with van der Waals surface area (Å²) in [6.07, 6.45) is 9.50. The molecule has 1 aromatic heterocycles. The lowest BCUT2D eigenvalue weighted by Crippen LogP contribution is -2.48. The van der Waals surface area contributed by atoms with Crippen molar-refractivity contribution in [1.82, 2.24) is 14.9 Å². The number of aromatic nitrogens is 2. The minimum absolute atomic E-state index is 0.326. The van der Waals surface area contributed by atoms with Crippen LogP contribution in [0, 0.1) is 11.8 Å². The summed E-state index contributed by atoms with van der Waals surface area (Å²) in [4.78, 5) is 10.5. The predicted octanol–water partition coefficient (Wildman–Crippen LogP) is 2.74. The first-order valence-corrected chi connectivity index (χ1v) is 8.50. The molecule has 1 saturated heterocycles. The van der Waals surface area contributed by atoms with Gasteiger partial charge >= 0.3 is 0 Å². The number of imidazole rings is 1. The fourth-order valence-corrected chi connectivity index (χ4v) is 3.77. The Labute approximate surface area is 128 Å². The van der Waals surface area contributed by atoms with Crippen molar-refractivity contribution in [2.45, 2.75) is 64.5 Å².